The molecule has 1 saturated heterocycles. The lowest BCUT2D eigenvalue weighted by molar-refractivity contribution is 0.127. The summed E-state index contributed by atoms with van der Waals surface area (Å²) in [6.45, 7) is 8.12. The van der Waals surface area contributed by atoms with Crippen LogP contribution in [0.25, 0.3) is 0 Å². The van der Waals surface area contributed by atoms with Gasteiger partial charge in [-0.3, -0.25) is 0 Å². The van der Waals surface area contributed by atoms with E-state index < -0.39 is 11.6 Å². The minimum Gasteiger partial charge on any atom is -0.377 e. The Morgan fingerprint density at radius 3 is 2.52 bits per heavy atom. The van der Waals surface area contributed by atoms with Crippen molar-refractivity contribution in [2.45, 2.75) is 50.0 Å². The number of thioether (sulfide) groups is 1. The van der Waals surface area contributed by atoms with E-state index in [0.717, 1.165) is 13.0 Å². The summed E-state index contributed by atoms with van der Waals surface area (Å²) in [5, 5.41) is 3.32. The lowest BCUT2D eigenvalue weighted by Crippen LogP contribution is -2.19. The summed E-state index contributed by atoms with van der Waals surface area (Å²) in [5.74, 6) is -0.431. The van der Waals surface area contributed by atoms with E-state index in [4.69, 9.17) is 4.74 Å². The van der Waals surface area contributed by atoms with E-state index in [0.29, 0.717) is 24.6 Å². The molecule has 1 aromatic rings. The zero-order valence-electron chi connectivity index (χ0n) is 12.8. The second-order valence-electron chi connectivity index (χ2n) is 5.93. The first kappa shape index (κ1) is 16.7. The third-order valence-corrected chi connectivity index (χ3v) is 5.06. The summed E-state index contributed by atoms with van der Waals surface area (Å²) in [5.41, 5.74) is 0.644. The fourth-order valence-electron chi connectivity index (χ4n) is 2.35. The highest BCUT2D eigenvalue weighted by atomic mass is 32.2. The molecule has 2 atom stereocenters. The van der Waals surface area contributed by atoms with Gasteiger partial charge in [0.15, 0.2) is 0 Å². The van der Waals surface area contributed by atoms with Crippen molar-refractivity contribution in [2.75, 3.05) is 13.2 Å². The van der Waals surface area contributed by atoms with Crippen LogP contribution in [0.15, 0.2) is 17.0 Å². The standard InChI is InChI=1S/C16H23F2NOS/c1-10(2)8-19-9-12-6-13(17)16(14(18)7-12)21-15-4-5-20-11(15)3/h6-7,10-11,15,19H,4-5,8-9H2,1-3H3. The second kappa shape index (κ2) is 7.56. The molecule has 1 heterocycles. The molecule has 1 aliphatic heterocycles. The zero-order chi connectivity index (χ0) is 15.4. The van der Waals surface area contributed by atoms with Gasteiger partial charge < -0.3 is 10.1 Å². The highest BCUT2D eigenvalue weighted by Crippen LogP contribution is 2.35. The highest BCUT2D eigenvalue weighted by molar-refractivity contribution is 8.00. The van der Waals surface area contributed by atoms with Crippen LogP contribution in [0.2, 0.25) is 0 Å². The third kappa shape index (κ3) is 4.66. The molecule has 1 fully saturated rings. The van der Waals surface area contributed by atoms with Crippen molar-refractivity contribution in [3.63, 3.8) is 0 Å². The van der Waals surface area contributed by atoms with Gasteiger partial charge in [-0.05, 0) is 43.5 Å². The molecule has 0 aliphatic carbocycles. The summed E-state index contributed by atoms with van der Waals surface area (Å²) < 4.78 is 33.7. The van der Waals surface area contributed by atoms with E-state index in [1.165, 1.54) is 23.9 Å². The SMILES string of the molecule is CC(C)CNCc1cc(F)c(SC2CCOC2C)c(F)c1. The van der Waals surface area contributed by atoms with E-state index >= 15 is 0 Å². The summed E-state index contributed by atoms with van der Waals surface area (Å²) in [6, 6.07) is 2.86. The zero-order valence-corrected chi connectivity index (χ0v) is 13.6. The van der Waals surface area contributed by atoms with Crippen LogP contribution in [0.3, 0.4) is 0 Å². The second-order valence-corrected chi connectivity index (χ2v) is 7.18. The van der Waals surface area contributed by atoms with E-state index in [-0.39, 0.29) is 16.2 Å². The number of halogens is 2. The molecule has 2 nitrogen and oxygen atoms in total. The third-order valence-electron chi connectivity index (χ3n) is 3.52. The Balaban J connectivity index is 2.02. The van der Waals surface area contributed by atoms with E-state index in [1.54, 1.807) is 0 Å². The Hall–Kier alpha value is -0.650. The van der Waals surface area contributed by atoms with Gasteiger partial charge in [0.05, 0.1) is 11.0 Å². The van der Waals surface area contributed by atoms with Crippen molar-refractivity contribution in [3.05, 3.63) is 29.3 Å². The van der Waals surface area contributed by atoms with Crippen molar-refractivity contribution in [3.8, 4) is 0 Å². The molecule has 21 heavy (non-hydrogen) atoms. The van der Waals surface area contributed by atoms with Crippen LogP contribution in [-0.4, -0.2) is 24.5 Å². The molecular weight excluding hydrogens is 292 g/mol. The first-order valence-electron chi connectivity index (χ1n) is 7.44. The minimum absolute atomic E-state index is 0.0428. The van der Waals surface area contributed by atoms with Crippen LogP contribution in [0.4, 0.5) is 8.78 Å². The predicted octanol–water partition coefficient (Wildman–Crippen LogP) is 3.98. The van der Waals surface area contributed by atoms with Crippen LogP contribution in [0, 0.1) is 17.6 Å². The normalized spacial score (nSPS) is 22.2. The van der Waals surface area contributed by atoms with Gasteiger partial charge in [0.25, 0.3) is 0 Å². The summed E-state index contributed by atoms with van der Waals surface area (Å²) >= 11 is 1.25. The number of rotatable bonds is 6. The Bertz CT molecular complexity index is 458. The van der Waals surface area contributed by atoms with Crippen molar-refractivity contribution in [1.29, 1.82) is 0 Å². The lowest BCUT2D eigenvalue weighted by Gasteiger charge is -2.15. The Morgan fingerprint density at radius 2 is 2.00 bits per heavy atom. The minimum atomic E-state index is -0.472. The summed E-state index contributed by atoms with van der Waals surface area (Å²) in [4.78, 5) is 0.116. The van der Waals surface area contributed by atoms with E-state index in [1.807, 2.05) is 6.92 Å². The molecule has 0 aromatic heterocycles. The molecule has 1 aliphatic rings. The van der Waals surface area contributed by atoms with Gasteiger partial charge in [-0.25, -0.2) is 8.78 Å². The smallest absolute Gasteiger partial charge is 0.140 e. The van der Waals surface area contributed by atoms with Crippen LogP contribution < -0.4 is 5.32 Å². The number of nitrogens with one attached hydrogen (secondary N) is 1. The van der Waals surface area contributed by atoms with E-state index in [9.17, 15) is 8.78 Å². The number of ether oxygens (including phenoxy) is 1. The van der Waals surface area contributed by atoms with Gasteiger partial charge in [0.2, 0.25) is 0 Å². The van der Waals surface area contributed by atoms with Gasteiger partial charge in [-0.2, -0.15) is 0 Å². The predicted molar refractivity (Wildman–Crippen MR) is 82.6 cm³/mol. The molecule has 118 valence electrons. The van der Waals surface area contributed by atoms with E-state index in [2.05, 4.69) is 19.2 Å². The van der Waals surface area contributed by atoms with Gasteiger partial charge in [-0.15, -0.1) is 11.8 Å². The molecular formula is C16H23F2NOS. The molecule has 1 N–H and O–H groups in total. The van der Waals surface area contributed by atoms with Crippen molar-refractivity contribution >= 4 is 11.8 Å². The molecule has 0 radical (unpaired) electrons. The average molecular weight is 315 g/mol. The highest BCUT2D eigenvalue weighted by Gasteiger charge is 2.27. The fraction of sp³-hybridized carbons (Fsp3) is 0.625. The molecule has 2 unspecified atom stereocenters. The molecule has 2 rings (SSSR count). The molecule has 1 aromatic carbocycles. The average Bonchev–Trinajstić information content (AvgIpc) is 2.79. The van der Waals surface area contributed by atoms with Crippen molar-refractivity contribution in [2.24, 2.45) is 5.92 Å². The maximum Gasteiger partial charge on any atom is 0.140 e. The largest absolute Gasteiger partial charge is 0.377 e. The first-order chi connectivity index (χ1) is 9.97. The molecule has 0 bridgehead atoms. The lowest BCUT2D eigenvalue weighted by atomic mass is 10.2. The molecule has 5 heteroatoms. The van der Waals surface area contributed by atoms with Crippen LogP contribution in [0.5, 0.6) is 0 Å². The molecule has 0 saturated carbocycles. The first-order valence-corrected chi connectivity index (χ1v) is 8.32. The van der Waals surface area contributed by atoms with Gasteiger partial charge >= 0.3 is 0 Å². The van der Waals surface area contributed by atoms with Crippen molar-refractivity contribution < 1.29 is 13.5 Å². The molecule has 0 spiro atoms. The van der Waals surface area contributed by atoms with Crippen LogP contribution >= 0.6 is 11.8 Å². The Kier molecular flexibility index (Phi) is 6.02. The maximum absolute atomic E-state index is 14.1. The summed E-state index contributed by atoms with van der Waals surface area (Å²) in [7, 11) is 0. The topological polar surface area (TPSA) is 21.3 Å². The monoisotopic (exact) mass is 315 g/mol. The quantitative estimate of drug-likeness (QED) is 0.858. The fourth-order valence-corrected chi connectivity index (χ4v) is 3.48. The van der Waals surface area contributed by atoms with Gasteiger partial charge in [0, 0.05) is 18.4 Å². The Labute approximate surface area is 129 Å². The number of benzene rings is 1. The van der Waals surface area contributed by atoms with Gasteiger partial charge in [0.1, 0.15) is 11.6 Å². The number of hydrogen-bond acceptors (Lipinski definition) is 3. The van der Waals surface area contributed by atoms with Gasteiger partial charge in [-0.1, -0.05) is 13.8 Å². The molecule has 0 amide bonds. The van der Waals surface area contributed by atoms with Crippen LogP contribution in [0.1, 0.15) is 32.8 Å². The van der Waals surface area contributed by atoms with Crippen molar-refractivity contribution in [1.82, 2.24) is 5.32 Å². The number of hydrogen-bond donors (Lipinski definition) is 1. The van der Waals surface area contributed by atoms with Crippen LogP contribution in [-0.2, 0) is 11.3 Å². The maximum atomic E-state index is 14.1. The Morgan fingerprint density at radius 1 is 1.33 bits per heavy atom. The summed E-state index contributed by atoms with van der Waals surface area (Å²) in [6.07, 6.45) is 0.878.